The number of ether oxygens (including phenoxy) is 1. The number of aromatic nitrogens is 1. The van der Waals surface area contributed by atoms with Crippen molar-refractivity contribution in [2.45, 2.75) is 50.7 Å². The maximum atomic E-state index is 10.5. The van der Waals surface area contributed by atoms with Gasteiger partial charge in [-0.2, -0.15) is 0 Å². The minimum atomic E-state index is -0.508. The van der Waals surface area contributed by atoms with E-state index in [0.29, 0.717) is 18.7 Å². The summed E-state index contributed by atoms with van der Waals surface area (Å²) in [5.41, 5.74) is 7.10. The minimum absolute atomic E-state index is 0.378. The number of anilines is 1. The summed E-state index contributed by atoms with van der Waals surface area (Å²) in [6.07, 6.45) is 7.52. The van der Waals surface area contributed by atoms with Crippen LogP contribution in [-0.2, 0) is 11.2 Å². The summed E-state index contributed by atoms with van der Waals surface area (Å²) in [6.45, 7) is 2.62. The molecule has 0 bridgehead atoms. The maximum Gasteiger partial charge on any atom is 0.0943 e. The SMILES string of the molecule is CCOC1(C(O)Cc2cnccc2N)CCCC1. The fourth-order valence-electron chi connectivity index (χ4n) is 2.84. The van der Waals surface area contributed by atoms with Crippen LogP contribution < -0.4 is 5.73 Å². The lowest BCUT2D eigenvalue weighted by Gasteiger charge is -2.34. The molecule has 0 saturated heterocycles. The van der Waals surface area contributed by atoms with E-state index in [1.807, 2.05) is 6.92 Å². The van der Waals surface area contributed by atoms with Crippen molar-refractivity contribution >= 4 is 5.69 Å². The van der Waals surface area contributed by atoms with Gasteiger partial charge in [-0.3, -0.25) is 4.98 Å². The molecule has 1 atom stereocenters. The van der Waals surface area contributed by atoms with Crippen molar-refractivity contribution in [2.75, 3.05) is 12.3 Å². The van der Waals surface area contributed by atoms with Gasteiger partial charge >= 0.3 is 0 Å². The summed E-state index contributed by atoms with van der Waals surface area (Å²) < 4.78 is 5.85. The van der Waals surface area contributed by atoms with Crippen LogP contribution in [0.1, 0.15) is 38.2 Å². The Hall–Kier alpha value is -1.13. The molecule has 1 unspecified atom stereocenters. The largest absolute Gasteiger partial charge is 0.398 e. The van der Waals surface area contributed by atoms with Gasteiger partial charge in [0.25, 0.3) is 0 Å². The van der Waals surface area contributed by atoms with E-state index in [1.165, 1.54) is 0 Å². The highest BCUT2D eigenvalue weighted by atomic mass is 16.5. The zero-order valence-electron chi connectivity index (χ0n) is 10.9. The Morgan fingerprint density at radius 2 is 2.22 bits per heavy atom. The molecule has 0 radical (unpaired) electrons. The Bertz CT molecular complexity index is 389. The van der Waals surface area contributed by atoms with Crippen molar-refractivity contribution < 1.29 is 9.84 Å². The Morgan fingerprint density at radius 3 is 2.83 bits per heavy atom. The molecule has 100 valence electrons. The van der Waals surface area contributed by atoms with E-state index in [-0.39, 0.29) is 5.60 Å². The lowest BCUT2D eigenvalue weighted by molar-refractivity contribution is -0.115. The third-order valence-corrected chi connectivity index (χ3v) is 3.84. The Kier molecular flexibility index (Phi) is 4.19. The van der Waals surface area contributed by atoms with Crippen molar-refractivity contribution in [2.24, 2.45) is 0 Å². The van der Waals surface area contributed by atoms with Gasteiger partial charge in [-0.15, -0.1) is 0 Å². The van der Waals surface area contributed by atoms with Gasteiger partial charge in [0.05, 0.1) is 11.7 Å². The number of nitrogen functional groups attached to an aromatic ring is 1. The summed E-state index contributed by atoms with van der Waals surface area (Å²) in [4.78, 5) is 4.06. The Morgan fingerprint density at radius 1 is 1.50 bits per heavy atom. The molecular weight excluding hydrogens is 228 g/mol. The van der Waals surface area contributed by atoms with Crippen LogP contribution >= 0.6 is 0 Å². The average Bonchev–Trinajstić information content (AvgIpc) is 2.82. The molecule has 4 nitrogen and oxygen atoms in total. The van der Waals surface area contributed by atoms with Crippen molar-refractivity contribution in [1.82, 2.24) is 4.98 Å². The monoisotopic (exact) mass is 250 g/mol. The quantitative estimate of drug-likeness (QED) is 0.837. The van der Waals surface area contributed by atoms with Gasteiger partial charge < -0.3 is 15.6 Å². The van der Waals surface area contributed by atoms with Crippen LogP contribution in [0.5, 0.6) is 0 Å². The number of pyridine rings is 1. The normalized spacial score (nSPS) is 19.9. The molecule has 2 rings (SSSR count). The number of aliphatic hydroxyl groups excluding tert-OH is 1. The van der Waals surface area contributed by atoms with Crippen LogP contribution in [0.15, 0.2) is 18.5 Å². The third-order valence-electron chi connectivity index (χ3n) is 3.84. The van der Waals surface area contributed by atoms with E-state index < -0.39 is 6.10 Å². The molecule has 0 amide bonds. The van der Waals surface area contributed by atoms with Gasteiger partial charge in [0.15, 0.2) is 0 Å². The average molecular weight is 250 g/mol. The topological polar surface area (TPSA) is 68.4 Å². The highest BCUT2D eigenvalue weighted by Gasteiger charge is 2.41. The molecule has 0 aliphatic heterocycles. The maximum absolute atomic E-state index is 10.5. The van der Waals surface area contributed by atoms with Crippen molar-refractivity contribution in [3.8, 4) is 0 Å². The number of nitrogens with zero attached hydrogens (tertiary/aromatic N) is 1. The second-order valence-electron chi connectivity index (χ2n) is 5.00. The van der Waals surface area contributed by atoms with Crippen LogP contribution in [-0.4, -0.2) is 28.4 Å². The highest BCUT2D eigenvalue weighted by molar-refractivity contribution is 5.44. The van der Waals surface area contributed by atoms with Gasteiger partial charge in [0.2, 0.25) is 0 Å². The van der Waals surface area contributed by atoms with Crippen LogP contribution in [0.25, 0.3) is 0 Å². The summed E-state index contributed by atoms with van der Waals surface area (Å²) in [5.74, 6) is 0. The molecule has 0 aromatic carbocycles. The molecule has 1 fully saturated rings. The second-order valence-corrected chi connectivity index (χ2v) is 5.00. The van der Waals surface area contributed by atoms with E-state index >= 15 is 0 Å². The zero-order chi connectivity index (χ0) is 13.0. The molecule has 1 aliphatic carbocycles. The van der Waals surface area contributed by atoms with Gasteiger partial charge in [0, 0.05) is 31.1 Å². The first-order valence-corrected chi connectivity index (χ1v) is 6.68. The summed E-state index contributed by atoms with van der Waals surface area (Å²) in [7, 11) is 0. The number of nitrogens with two attached hydrogens (primary N) is 1. The van der Waals surface area contributed by atoms with Crippen LogP contribution in [0.2, 0.25) is 0 Å². The van der Waals surface area contributed by atoms with Gasteiger partial charge in [-0.1, -0.05) is 12.8 Å². The molecule has 1 heterocycles. The molecule has 1 aromatic heterocycles. The van der Waals surface area contributed by atoms with Crippen LogP contribution in [0.4, 0.5) is 5.69 Å². The summed E-state index contributed by atoms with van der Waals surface area (Å²) >= 11 is 0. The van der Waals surface area contributed by atoms with E-state index in [1.54, 1.807) is 18.5 Å². The molecule has 18 heavy (non-hydrogen) atoms. The fourth-order valence-corrected chi connectivity index (χ4v) is 2.84. The predicted octanol–water partition coefficient (Wildman–Crippen LogP) is 1.92. The first kappa shape index (κ1) is 13.3. The fraction of sp³-hybridized carbons (Fsp3) is 0.643. The number of aliphatic hydroxyl groups is 1. The molecule has 1 saturated carbocycles. The smallest absolute Gasteiger partial charge is 0.0943 e. The van der Waals surface area contributed by atoms with Crippen LogP contribution in [0.3, 0.4) is 0 Å². The van der Waals surface area contributed by atoms with E-state index in [9.17, 15) is 5.11 Å². The molecule has 0 spiro atoms. The number of hydrogen-bond acceptors (Lipinski definition) is 4. The van der Waals surface area contributed by atoms with E-state index in [0.717, 1.165) is 31.2 Å². The van der Waals surface area contributed by atoms with Gasteiger partial charge in [-0.25, -0.2) is 0 Å². The molecule has 3 N–H and O–H groups in total. The lowest BCUT2D eigenvalue weighted by atomic mass is 9.89. The third kappa shape index (κ3) is 2.65. The predicted molar refractivity (Wildman–Crippen MR) is 71.2 cm³/mol. The van der Waals surface area contributed by atoms with E-state index in [4.69, 9.17) is 10.5 Å². The minimum Gasteiger partial charge on any atom is -0.398 e. The van der Waals surface area contributed by atoms with Gasteiger partial charge in [-0.05, 0) is 31.4 Å². The zero-order valence-corrected chi connectivity index (χ0v) is 10.9. The Balaban J connectivity index is 2.10. The summed E-state index contributed by atoms with van der Waals surface area (Å²) in [6, 6.07) is 1.77. The van der Waals surface area contributed by atoms with Gasteiger partial charge in [0.1, 0.15) is 0 Å². The molecule has 1 aliphatic rings. The standard InChI is InChI=1S/C14H22N2O2/c1-2-18-14(6-3-4-7-14)13(17)9-11-10-16-8-5-12(11)15/h5,8,10,13,17H,2-4,6-7,9H2,1H3,(H2,15,16). The first-order chi connectivity index (χ1) is 8.68. The molecule has 4 heteroatoms. The van der Waals surface area contributed by atoms with Crippen molar-refractivity contribution in [3.05, 3.63) is 24.0 Å². The van der Waals surface area contributed by atoms with Crippen molar-refractivity contribution in [3.63, 3.8) is 0 Å². The van der Waals surface area contributed by atoms with E-state index in [2.05, 4.69) is 4.98 Å². The highest BCUT2D eigenvalue weighted by Crippen LogP contribution is 2.37. The molecular formula is C14H22N2O2. The summed E-state index contributed by atoms with van der Waals surface area (Å²) in [5, 5.41) is 10.5. The number of rotatable bonds is 5. The second kappa shape index (κ2) is 5.67. The van der Waals surface area contributed by atoms with Crippen LogP contribution in [0, 0.1) is 0 Å². The molecule has 1 aromatic rings. The number of hydrogen-bond donors (Lipinski definition) is 2. The Labute approximate surface area is 108 Å². The lowest BCUT2D eigenvalue weighted by Crippen LogP contribution is -2.43. The van der Waals surface area contributed by atoms with Crippen molar-refractivity contribution in [1.29, 1.82) is 0 Å². The first-order valence-electron chi connectivity index (χ1n) is 6.68.